The molecule has 78 valence electrons. The van der Waals surface area contributed by atoms with Crippen LogP contribution in [0.2, 0.25) is 5.31 Å². The summed E-state index contributed by atoms with van der Waals surface area (Å²) in [6.07, 6.45) is 3.34. The van der Waals surface area contributed by atoms with E-state index in [9.17, 15) is 0 Å². The summed E-state index contributed by atoms with van der Waals surface area (Å²) in [6.45, 7) is 8.63. The van der Waals surface area contributed by atoms with Crippen LogP contribution in [0.25, 0.3) is 0 Å². The van der Waals surface area contributed by atoms with E-state index < -0.39 is 0 Å². The summed E-state index contributed by atoms with van der Waals surface area (Å²) in [5, 5.41) is 0.0966. The van der Waals surface area contributed by atoms with E-state index >= 15 is 0 Å². The van der Waals surface area contributed by atoms with Crippen LogP contribution in [0.4, 0.5) is 0 Å². The zero-order valence-corrected chi connectivity index (χ0v) is 9.66. The Morgan fingerprint density at radius 2 is 1.93 bits per heavy atom. The number of hydrogen-bond donors (Lipinski definition) is 1. The van der Waals surface area contributed by atoms with Gasteiger partial charge in [0.2, 0.25) is 0 Å². The van der Waals surface area contributed by atoms with E-state index in [4.69, 9.17) is 10.4 Å². The third-order valence-corrected chi connectivity index (χ3v) is 3.39. The highest BCUT2D eigenvalue weighted by Crippen LogP contribution is 2.55. The molecule has 14 heavy (non-hydrogen) atoms. The van der Waals surface area contributed by atoms with Crippen LogP contribution in [0.5, 0.6) is 0 Å². The molecule has 1 saturated heterocycles. The third kappa shape index (κ3) is 1.48. The number of allylic oxidation sites excluding steroid dienone is 1. The van der Waals surface area contributed by atoms with Crippen LogP contribution in [0.1, 0.15) is 27.7 Å². The zero-order chi connectivity index (χ0) is 11.0. The number of rotatable bonds is 2. The van der Waals surface area contributed by atoms with Crippen molar-refractivity contribution in [2.45, 2.75) is 38.6 Å². The second-order valence-corrected chi connectivity index (χ2v) is 4.78. The molecule has 4 heteroatoms. The monoisotopic (exact) mass is 194 g/mol. The first kappa shape index (κ1) is 11.3. The maximum absolute atomic E-state index is 5.81. The minimum Gasteiger partial charge on any atom is -0.425 e. The van der Waals surface area contributed by atoms with Gasteiger partial charge in [-0.25, -0.2) is 0 Å². The van der Waals surface area contributed by atoms with E-state index in [0.29, 0.717) is 0 Å². The second-order valence-electron chi connectivity index (χ2n) is 4.78. The molecule has 0 aromatic carbocycles. The van der Waals surface area contributed by atoms with Gasteiger partial charge in [0.1, 0.15) is 0 Å². The minimum atomic E-state index is -0.0898. The lowest BCUT2D eigenvalue weighted by molar-refractivity contribution is -0.0108. The smallest absolute Gasteiger partial charge is 0.338 e. The van der Waals surface area contributed by atoms with E-state index in [-0.39, 0.29) is 17.8 Å². The number of hydrogen-bond acceptors (Lipinski definition) is 3. The largest absolute Gasteiger partial charge is 0.425 e. The van der Waals surface area contributed by atoms with E-state index in [1.807, 2.05) is 0 Å². The highest BCUT2D eigenvalue weighted by molar-refractivity contribution is 6.71. The normalized spacial score (nSPS) is 25.2. The fourth-order valence-electron chi connectivity index (χ4n) is 1.68. The van der Waals surface area contributed by atoms with E-state index in [0.717, 1.165) is 5.47 Å². The number of nitrogens with zero attached hydrogens (tertiary/aromatic N) is 1. The third-order valence-electron chi connectivity index (χ3n) is 3.39. The van der Waals surface area contributed by atoms with Gasteiger partial charge in [-0.15, -0.1) is 0 Å². The van der Waals surface area contributed by atoms with Crippen molar-refractivity contribution in [1.29, 1.82) is 0 Å². The first-order chi connectivity index (χ1) is 6.36. The molecule has 0 amide bonds. The van der Waals surface area contributed by atoms with Gasteiger partial charge in [-0.05, 0) is 25.5 Å². The number of aliphatic imine (C=N–C) groups is 1. The fraction of sp³-hybridized carbons (Fsp3) is 0.700. The lowest BCUT2D eigenvalue weighted by Gasteiger charge is -2.57. The summed E-state index contributed by atoms with van der Waals surface area (Å²) in [7, 11) is 1.74. The molecular formula is C10H19BN2O. The molecule has 0 unspecified atom stereocenters. The Labute approximate surface area is 86.5 Å². The standard InChI is InChI=1S/C10H19BN2O/c1-9(2)10(3,4)14-11(9)8(6-12)7-13-5/h6-7H,12H2,1-5H3/b8-6+,13-7?. The molecule has 0 bridgehead atoms. The molecular weight excluding hydrogens is 175 g/mol. The van der Waals surface area contributed by atoms with Crippen molar-refractivity contribution in [3.8, 4) is 0 Å². The first-order valence-corrected chi connectivity index (χ1v) is 4.88. The van der Waals surface area contributed by atoms with Gasteiger partial charge in [0.05, 0.1) is 0 Å². The molecule has 1 aliphatic rings. The molecule has 0 radical (unpaired) electrons. The molecule has 1 aliphatic heterocycles. The van der Waals surface area contributed by atoms with Crippen molar-refractivity contribution in [2.24, 2.45) is 10.7 Å². The van der Waals surface area contributed by atoms with Crippen molar-refractivity contribution in [3.05, 3.63) is 11.7 Å². The molecule has 2 N–H and O–H groups in total. The molecule has 1 heterocycles. The maximum Gasteiger partial charge on any atom is 0.338 e. The van der Waals surface area contributed by atoms with E-state index in [2.05, 4.69) is 32.7 Å². The average Bonchev–Trinajstić information content (AvgIpc) is 2.11. The van der Waals surface area contributed by atoms with Gasteiger partial charge in [-0.2, -0.15) is 0 Å². The Balaban J connectivity index is 2.85. The van der Waals surface area contributed by atoms with Crippen LogP contribution in [0.3, 0.4) is 0 Å². The minimum absolute atomic E-state index is 0.0613. The highest BCUT2D eigenvalue weighted by atomic mass is 16.5. The molecule has 0 atom stereocenters. The summed E-state index contributed by atoms with van der Waals surface area (Å²) in [5.74, 6) is 0. The van der Waals surface area contributed by atoms with Crippen molar-refractivity contribution < 1.29 is 4.65 Å². The molecule has 0 aromatic heterocycles. The number of nitrogens with two attached hydrogens (primary N) is 1. The van der Waals surface area contributed by atoms with Crippen molar-refractivity contribution in [1.82, 2.24) is 0 Å². The zero-order valence-electron chi connectivity index (χ0n) is 9.66. The quantitative estimate of drug-likeness (QED) is 0.536. The predicted molar refractivity (Wildman–Crippen MR) is 61.6 cm³/mol. The van der Waals surface area contributed by atoms with Crippen molar-refractivity contribution in [2.75, 3.05) is 7.05 Å². The Morgan fingerprint density at radius 1 is 1.36 bits per heavy atom. The summed E-state index contributed by atoms with van der Waals surface area (Å²) in [4.78, 5) is 3.97. The predicted octanol–water partition coefficient (Wildman–Crippen LogP) is 1.65. The fourth-order valence-corrected chi connectivity index (χ4v) is 1.68. The van der Waals surface area contributed by atoms with Gasteiger partial charge in [-0.1, -0.05) is 13.8 Å². The maximum atomic E-state index is 5.81. The van der Waals surface area contributed by atoms with E-state index in [1.165, 1.54) is 0 Å². The van der Waals surface area contributed by atoms with Crippen molar-refractivity contribution >= 4 is 13.1 Å². The van der Waals surface area contributed by atoms with Gasteiger partial charge in [0, 0.05) is 24.2 Å². The van der Waals surface area contributed by atoms with Gasteiger partial charge >= 0.3 is 6.92 Å². The summed E-state index contributed by atoms with van der Waals surface area (Å²) >= 11 is 0. The van der Waals surface area contributed by atoms with E-state index in [1.54, 1.807) is 19.5 Å². The average molecular weight is 194 g/mol. The van der Waals surface area contributed by atoms with Crippen LogP contribution in [0, 0.1) is 0 Å². The lowest BCUT2D eigenvalue weighted by atomic mass is 9.33. The second kappa shape index (κ2) is 3.42. The van der Waals surface area contributed by atoms with Crippen LogP contribution < -0.4 is 5.73 Å². The Hall–Kier alpha value is -0.765. The SMILES string of the molecule is CN=C/C(=C\N)B1OC(C)(C)C1(C)C. The topological polar surface area (TPSA) is 47.6 Å². The van der Waals surface area contributed by atoms with Gasteiger partial charge in [-0.3, -0.25) is 4.99 Å². The summed E-state index contributed by atoms with van der Waals surface area (Å²) in [6, 6.07) is 0. The van der Waals surface area contributed by atoms with Gasteiger partial charge in [0.15, 0.2) is 0 Å². The van der Waals surface area contributed by atoms with Crippen LogP contribution in [-0.2, 0) is 4.65 Å². The lowest BCUT2D eigenvalue weighted by Crippen LogP contribution is -2.62. The molecule has 0 saturated carbocycles. The van der Waals surface area contributed by atoms with Crippen LogP contribution in [0.15, 0.2) is 16.7 Å². The molecule has 0 aliphatic carbocycles. The molecule has 3 nitrogen and oxygen atoms in total. The Kier molecular flexibility index (Phi) is 2.77. The summed E-state index contributed by atoms with van der Waals surface area (Å²) < 4.78 is 5.81. The van der Waals surface area contributed by atoms with Crippen LogP contribution >= 0.6 is 0 Å². The van der Waals surface area contributed by atoms with Crippen LogP contribution in [-0.4, -0.2) is 25.8 Å². The Morgan fingerprint density at radius 3 is 2.21 bits per heavy atom. The summed E-state index contributed by atoms with van der Waals surface area (Å²) in [5.41, 5.74) is 6.41. The molecule has 1 fully saturated rings. The highest BCUT2D eigenvalue weighted by Gasteiger charge is 2.59. The van der Waals surface area contributed by atoms with Gasteiger partial charge < -0.3 is 10.4 Å². The first-order valence-electron chi connectivity index (χ1n) is 4.88. The van der Waals surface area contributed by atoms with Crippen molar-refractivity contribution in [3.63, 3.8) is 0 Å². The molecule has 0 aromatic rings. The molecule has 0 spiro atoms. The molecule has 1 rings (SSSR count). The Bertz CT molecular complexity index is 282. The van der Waals surface area contributed by atoms with Gasteiger partial charge in [0.25, 0.3) is 0 Å².